The van der Waals surface area contributed by atoms with Crippen molar-refractivity contribution in [1.82, 2.24) is 15.6 Å². The molecular weight excluding hydrogens is 406 g/mol. The van der Waals surface area contributed by atoms with Crippen LogP contribution in [0.25, 0.3) is 0 Å². The molecular formula is C17H30FIN4. The first kappa shape index (κ1) is 22.1. The highest BCUT2D eigenvalue weighted by molar-refractivity contribution is 14.0. The minimum absolute atomic E-state index is 0. The lowest BCUT2D eigenvalue weighted by Gasteiger charge is -2.26. The van der Waals surface area contributed by atoms with E-state index < -0.39 is 0 Å². The first-order chi connectivity index (χ1) is 10.5. The standard InChI is InChI=1S/C17H29FN4.HI/c1-5-6-7-10-17(2,3)13-22-16(19-4)21-12-15-14(18)9-8-11-20-15;/h8-9,11H,5-7,10,12-13H2,1-4H3,(H2,19,21,22);1H. The molecule has 0 fully saturated rings. The Bertz CT molecular complexity index is 477. The molecule has 0 saturated carbocycles. The molecule has 0 aromatic carbocycles. The molecule has 23 heavy (non-hydrogen) atoms. The lowest BCUT2D eigenvalue weighted by Crippen LogP contribution is -2.42. The fourth-order valence-corrected chi connectivity index (χ4v) is 2.20. The van der Waals surface area contributed by atoms with Gasteiger partial charge in [0, 0.05) is 19.8 Å². The highest BCUT2D eigenvalue weighted by Gasteiger charge is 2.17. The van der Waals surface area contributed by atoms with E-state index in [1.54, 1.807) is 19.3 Å². The van der Waals surface area contributed by atoms with Gasteiger partial charge in [-0.05, 0) is 24.0 Å². The molecule has 4 nitrogen and oxygen atoms in total. The van der Waals surface area contributed by atoms with Gasteiger partial charge in [-0.1, -0.05) is 40.0 Å². The quantitative estimate of drug-likeness (QED) is 0.279. The second-order valence-corrected chi connectivity index (χ2v) is 6.33. The first-order valence-corrected chi connectivity index (χ1v) is 8.02. The van der Waals surface area contributed by atoms with Crippen LogP contribution in [0.3, 0.4) is 0 Å². The molecule has 0 aliphatic rings. The van der Waals surface area contributed by atoms with Crippen molar-refractivity contribution in [3.63, 3.8) is 0 Å². The number of hydrogen-bond acceptors (Lipinski definition) is 2. The molecule has 0 unspecified atom stereocenters. The Labute approximate surface area is 156 Å². The maximum absolute atomic E-state index is 13.5. The van der Waals surface area contributed by atoms with Gasteiger partial charge in [-0.25, -0.2) is 4.39 Å². The molecule has 0 aliphatic heterocycles. The molecule has 0 atom stereocenters. The van der Waals surface area contributed by atoms with E-state index in [2.05, 4.69) is 41.4 Å². The second-order valence-electron chi connectivity index (χ2n) is 6.33. The lowest BCUT2D eigenvalue weighted by atomic mass is 9.87. The molecule has 0 saturated heterocycles. The fourth-order valence-electron chi connectivity index (χ4n) is 2.20. The van der Waals surface area contributed by atoms with Gasteiger partial charge in [-0.2, -0.15) is 0 Å². The van der Waals surface area contributed by atoms with Gasteiger partial charge in [0.1, 0.15) is 5.82 Å². The molecule has 0 amide bonds. The van der Waals surface area contributed by atoms with E-state index in [0.29, 0.717) is 18.2 Å². The van der Waals surface area contributed by atoms with E-state index in [9.17, 15) is 4.39 Å². The number of aromatic nitrogens is 1. The van der Waals surface area contributed by atoms with Gasteiger partial charge in [0.2, 0.25) is 0 Å². The third kappa shape index (κ3) is 9.07. The van der Waals surface area contributed by atoms with E-state index in [-0.39, 0.29) is 35.2 Å². The van der Waals surface area contributed by atoms with Crippen molar-refractivity contribution in [2.75, 3.05) is 13.6 Å². The largest absolute Gasteiger partial charge is 0.356 e. The number of hydrogen-bond donors (Lipinski definition) is 2. The number of unbranched alkanes of at least 4 members (excludes halogenated alkanes) is 2. The van der Waals surface area contributed by atoms with E-state index in [1.807, 2.05) is 0 Å². The number of nitrogens with zero attached hydrogens (tertiary/aromatic N) is 2. The number of guanidine groups is 1. The Kier molecular flexibility index (Phi) is 11.1. The predicted octanol–water partition coefficient (Wildman–Crippen LogP) is 4.11. The summed E-state index contributed by atoms with van der Waals surface area (Å²) in [6.45, 7) is 7.88. The van der Waals surface area contributed by atoms with Crippen LogP contribution in [0.1, 0.15) is 52.1 Å². The van der Waals surface area contributed by atoms with Crippen LogP contribution in [0, 0.1) is 11.2 Å². The zero-order valence-corrected chi connectivity index (χ0v) is 17.0. The smallest absolute Gasteiger partial charge is 0.191 e. The van der Waals surface area contributed by atoms with Crippen LogP contribution >= 0.6 is 24.0 Å². The van der Waals surface area contributed by atoms with E-state index in [1.165, 1.54) is 31.7 Å². The van der Waals surface area contributed by atoms with Crippen molar-refractivity contribution in [3.8, 4) is 0 Å². The van der Waals surface area contributed by atoms with Gasteiger partial charge in [0.15, 0.2) is 5.96 Å². The van der Waals surface area contributed by atoms with Crippen molar-refractivity contribution in [2.24, 2.45) is 10.4 Å². The third-order valence-corrected chi connectivity index (χ3v) is 3.67. The minimum atomic E-state index is -0.301. The first-order valence-electron chi connectivity index (χ1n) is 8.02. The molecule has 1 heterocycles. The Morgan fingerprint density at radius 1 is 1.30 bits per heavy atom. The summed E-state index contributed by atoms with van der Waals surface area (Å²) in [5, 5.41) is 6.42. The molecule has 1 rings (SSSR count). The lowest BCUT2D eigenvalue weighted by molar-refractivity contribution is 0.318. The van der Waals surface area contributed by atoms with Gasteiger partial charge in [0.25, 0.3) is 0 Å². The average Bonchev–Trinajstić information content (AvgIpc) is 2.49. The maximum atomic E-state index is 13.5. The van der Waals surface area contributed by atoms with Crippen molar-refractivity contribution in [1.29, 1.82) is 0 Å². The van der Waals surface area contributed by atoms with Crippen molar-refractivity contribution >= 4 is 29.9 Å². The summed E-state index contributed by atoms with van der Waals surface area (Å²) >= 11 is 0. The topological polar surface area (TPSA) is 49.3 Å². The van der Waals surface area contributed by atoms with Gasteiger partial charge < -0.3 is 10.6 Å². The van der Waals surface area contributed by atoms with Gasteiger partial charge in [-0.15, -0.1) is 24.0 Å². The highest BCUT2D eigenvalue weighted by Crippen LogP contribution is 2.22. The summed E-state index contributed by atoms with van der Waals surface area (Å²) in [5.41, 5.74) is 0.607. The maximum Gasteiger partial charge on any atom is 0.191 e. The average molecular weight is 436 g/mol. The summed E-state index contributed by atoms with van der Waals surface area (Å²) in [6, 6.07) is 3.00. The normalized spacial score (nSPS) is 11.8. The Hall–Kier alpha value is -0.920. The van der Waals surface area contributed by atoms with E-state index in [4.69, 9.17) is 0 Å². The Morgan fingerprint density at radius 3 is 2.65 bits per heavy atom. The number of rotatable bonds is 8. The SMILES string of the molecule is CCCCCC(C)(C)CNC(=NC)NCc1ncccc1F.I. The minimum Gasteiger partial charge on any atom is -0.356 e. The fraction of sp³-hybridized carbons (Fsp3) is 0.647. The van der Waals surface area contributed by atoms with Crippen LogP contribution in [0.15, 0.2) is 23.3 Å². The Balaban J connectivity index is 0.00000484. The van der Waals surface area contributed by atoms with Crippen molar-refractivity contribution in [2.45, 2.75) is 53.0 Å². The number of nitrogens with one attached hydrogen (secondary N) is 2. The van der Waals surface area contributed by atoms with Gasteiger partial charge in [-0.3, -0.25) is 9.98 Å². The molecule has 1 aromatic heterocycles. The Morgan fingerprint density at radius 2 is 2.04 bits per heavy atom. The van der Waals surface area contributed by atoms with Crippen molar-refractivity contribution < 1.29 is 4.39 Å². The van der Waals surface area contributed by atoms with Crippen LogP contribution in [-0.2, 0) is 6.54 Å². The predicted molar refractivity (Wildman–Crippen MR) is 106 cm³/mol. The number of pyridine rings is 1. The van der Waals surface area contributed by atoms with Crippen LogP contribution in [0.5, 0.6) is 0 Å². The number of aliphatic imine (C=N–C) groups is 1. The molecule has 0 aliphatic carbocycles. The highest BCUT2D eigenvalue weighted by atomic mass is 127. The van der Waals surface area contributed by atoms with E-state index >= 15 is 0 Å². The molecule has 132 valence electrons. The summed E-state index contributed by atoms with van der Waals surface area (Å²) in [5.74, 6) is 0.374. The molecule has 0 radical (unpaired) electrons. The molecule has 2 N–H and O–H groups in total. The second kappa shape index (κ2) is 11.6. The van der Waals surface area contributed by atoms with Gasteiger partial charge >= 0.3 is 0 Å². The van der Waals surface area contributed by atoms with Crippen molar-refractivity contribution in [3.05, 3.63) is 29.8 Å². The molecule has 0 bridgehead atoms. The third-order valence-electron chi connectivity index (χ3n) is 3.67. The summed E-state index contributed by atoms with van der Waals surface area (Å²) in [4.78, 5) is 8.20. The monoisotopic (exact) mass is 436 g/mol. The van der Waals surface area contributed by atoms with Crippen LogP contribution in [0.2, 0.25) is 0 Å². The zero-order chi connectivity index (χ0) is 16.4. The zero-order valence-electron chi connectivity index (χ0n) is 14.7. The van der Waals surface area contributed by atoms with Gasteiger partial charge in [0.05, 0.1) is 12.2 Å². The summed E-state index contributed by atoms with van der Waals surface area (Å²) in [6.07, 6.45) is 6.53. The van der Waals surface area contributed by atoms with Crippen LogP contribution < -0.4 is 10.6 Å². The molecule has 1 aromatic rings. The number of halogens is 2. The van der Waals surface area contributed by atoms with E-state index in [0.717, 1.165) is 6.54 Å². The molecule has 6 heteroatoms. The molecule has 0 spiro atoms. The van der Waals surface area contributed by atoms with Crippen LogP contribution in [-0.4, -0.2) is 24.5 Å². The summed E-state index contributed by atoms with van der Waals surface area (Å²) in [7, 11) is 1.72. The van der Waals surface area contributed by atoms with Crippen LogP contribution in [0.4, 0.5) is 4.39 Å². The summed E-state index contributed by atoms with van der Waals surface area (Å²) < 4.78 is 13.5.